The number of benzene rings is 1. The molecular weight excluding hydrogens is 559 g/mol. The highest BCUT2D eigenvalue weighted by atomic mass is 35.5. The zero-order valence-electron chi connectivity index (χ0n) is 20.1. The highest BCUT2D eigenvalue weighted by Gasteiger charge is 2.47. The minimum atomic E-state index is -3.72. The van der Waals surface area contributed by atoms with E-state index in [0.29, 0.717) is 28.5 Å². The van der Waals surface area contributed by atoms with E-state index in [0.717, 1.165) is 6.07 Å². The number of esters is 1. The number of methoxy groups -OCH3 is 1. The van der Waals surface area contributed by atoms with Crippen LogP contribution < -0.4 is 5.32 Å². The molecule has 2 fully saturated rings. The number of carbonyl (C=O) groups is 2. The lowest BCUT2D eigenvalue weighted by atomic mass is 9.85. The Bertz CT molecular complexity index is 1440. The summed E-state index contributed by atoms with van der Waals surface area (Å²) in [6, 6.07) is 2.87. The molecule has 1 saturated heterocycles. The second-order valence-electron chi connectivity index (χ2n) is 9.34. The number of thiazole rings is 1. The predicted molar refractivity (Wildman–Crippen MR) is 138 cm³/mol. The number of carboxylic acid groups (broad SMARTS) is 1. The second-order valence-corrected chi connectivity index (χ2v) is 12.9. The van der Waals surface area contributed by atoms with E-state index in [1.807, 2.05) is 0 Å². The molecule has 3 heterocycles. The van der Waals surface area contributed by atoms with Crippen molar-refractivity contribution in [3.05, 3.63) is 62.5 Å². The molecule has 1 saturated carbocycles. The third-order valence-corrected chi connectivity index (χ3v) is 10.5. The van der Waals surface area contributed by atoms with Crippen LogP contribution in [-0.2, 0) is 24.3 Å². The van der Waals surface area contributed by atoms with Crippen LogP contribution in [0, 0.1) is 17.7 Å². The maximum absolute atomic E-state index is 13.8. The Morgan fingerprint density at radius 3 is 2.71 bits per heavy atom. The summed E-state index contributed by atoms with van der Waals surface area (Å²) in [6.07, 6.45) is 2.18. The Morgan fingerprint density at radius 2 is 2.08 bits per heavy atom. The van der Waals surface area contributed by atoms with Gasteiger partial charge in [0.15, 0.2) is 10.8 Å². The third kappa shape index (κ3) is 4.83. The fourth-order valence-electron chi connectivity index (χ4n) is 5.04. The molecule has 0 spiro atoms. The van der Waals surface area contributed by atoms with Gasteiger partial charge in [-0.1, -0.05) is 17.7 Å². The molecule has 0 bridgehead atoms. The van der Waals surface area contributed by atoms with E-state index in [-0.39, 0.29) is 36.5 Å². The van der Waals surface area contributed by atoms with Crippen LogP contribution in [0.5, 0.6) is 0 Å². The van der Waals surface area contributed by atoms with Gasteiger partial charge in [-0.25, -0.2) is 26.9 Å². The Labute approximate surface area is 227 Å². The van der Waals surface area contributed by atoms with Crippen LogP contribution >= 0.6 is 22.9 Å². The largest absolute Gasteiger partial charge is 0.481 e. The van der Waals surface area contributed by atoms with Gasteiger partial charge in [0.2, 0.25) is 10.0 Å². The van der Waals surface area contributed by atoms with Crippen molar-refractivity contribution >= 4 is 50.7 Å². The van der Waals surface area contributed by atoms with Gasteiger partial charge in [-0.05, 0) is 31.4 Å². The highest BCUT2D eigenvalue weighted by molar-refractivity contribution is 7.89. The Morgan fingerprint density at radius 1 is 1.32 bits per heavy atom. The molecule has 2 atom stereocenters. The Kier molecular flexibility index (Phi) is 7.29. The number of carbonyl (C=O) groups excluding carboxylic acids is 1. The highest BCUT2D eigenvalue weighted by Crippen LogP contribution is 2.41. The first-order valence-corrected chi connectivity index (χ1v) is 14.6. The number of aliphatic carboxylic acids is 1. The number of rotatable bonds is 7. The maximum atomic E-state index is 13.8. The molecule has 1 aromatic carbocycles. The summed E-state index contributed by atoms with van der Waals surface area (Å²) in [5.41, 5.74) is 0.982. The molecule has 0 amide bonds. The number of halogens is 2. The monoisotopic (exact) mass is 582 g/mol. The molecule has 5 rings (SSSR count). The number of aromatic nitrogens is 1. The molecular formula is C24H24ClFN4O6S2. The van der Waals surface area contributed by atoms with Crippen LogP contribution in [0.4, 0.5) is 4.39 Å². The third-order valence-electron chi connectivity index (χ3n) is 7.16. The number of aliphatic imine (C=N–C) groups is 1. The molecule has 3 aliphatic rings. The lowest BCUT2D eigenvalue weighted by molar-refractivity contribution is -0.144. The molecule has 1 aliphatic carbocycles. The molecule has 0 radical (unpaired) electrons. The minimum absolute atomic E-state index is 0.0773. The van der Waals surface area contributed by atoms with E-state index >= 15 is 0 Å². The lowest BCUT2D eigenvalue weighted by Crippen LogP contribution is -2.46. The van der Waals surface area contributed by atoms with Crippen molar-refractivity contribution < 1.29 is 32.2 Å². The van der Waals surface area contributed by atoms with Crippen LogP contribution in [0.25, 0.3) is 0 Å². The first-order valence-electron chi connectivity index (χ1n) is 11.8. The van der Waals surface area contributed by atoms with Crippen molar-refractivity contribution in [1.29, 1.82) is 0 Å². The van der Waals surface area contributed by atoms with E-state index in [1.165, 1.54) is 34.9 Å². The average molecular weight is 583 g/mol. The summed E-state index contributed by atoms with van der Waals surface area (Å²) in [5, 5.41) is 14.0. The zero-order chi connectivity index (χ0) is 27.2. The molecule has 38 heavy (non-hydrogen) atoms. The molecule has 2 aromatic rings. The maximum Gasteiger partial charge on any atom is 0.338 e. The fraction of sp³-hybridized carbons (Fsp3) is 0.417. The van der Waals surface area contributed by atoms with Gasteiger partial charge < -0.3 is 15.2 Å². The van der Waals surface area contributed by atoms with Gasteiger partial charge in [-0.2, -0.15) is 0 Å². The van der Waals surface area contributed by atoms with Gasteiger partial charge in [0.05, 0.1) is 23.9 Å². The average Bonchev–Trinajstić information content (AvgIpc) is 3.54. The number of hydrogen-bond acceptors (Lipinski definition) is 9. The van der Waals surface area contributed by atoms with Crippen LogP contribution in [0.15, 0.2) is 46.0 Å². The van der Waals surface area contributed by atoms with Crippen molar-refractivity contribution in [1.82, 2.24) is 14.6 Å². The van der Waals surface area contributed by atoms with Gasteiger partial charge in [0, 0.05) is 46.9 Å². The molecule has 1 aromatic heterocycles. The van der Waals surface area contributed by atoms with E-state index in [4.69, 9.17) is 26.4 Å². The first-order chi connectivity index (χ1) is 18.1. The van der Waals surface area contributed by atoms with Gasteiger partial charge in [0.1, 0.15) is 11.9 Å². The number of carboxylic acids is 1. The van der Waals surface area contributed by atoms with E-state index in [1.54, 1.807) is 11.6 Å². The summed E-state index contributed by atoms with van der Waals surface area (Å²) < 4.78 is 46.7. The topological polar surface area (TPSA) is 138 Å². The molecule has 10 nitrogen and oxygen atoms in total. The van der Waals surface area contributed by atoms with Crippen LogP contribution in [0.2, 0.25) is 5.02 Å². The van der Waals surface area contributed by atoms with Gasteiger partial charge in [-0.15, -0.1) is 11.3 Å². The van der Waals surface area contributed by atoms with Crippen molar-refractivity contribution in [2.75, 3.05) is 20.2 Å². The standard InChI is InChI=1S/C24H24ClFN4O6S2/c1-36-24(33)18-19(12-4-6-30(11-12)38(34,35)15-8-13(9-15)23(31)32)28-21(22-27-5-7-37-22)29-20(18)16-3-2-14(26)10-17(16)25/h2-3,5,7,10,12-13,15,20H,4,6,8-9,11H2,1H3,(H,28,29)(H,31,32). The van der Waals surface area contributed by atoms with Crippen molar-refractivity contribution in [3.8, 4) is 0 Å². The smallest absolute Gasteiger partial charge is 0.338 e. The van der Waals surface area contributed by atoms with E-state index in [2.05, 4.69) is 10.3 Å². The minimum Gasteiger partial charge on any atom is -0.481 e. The Hall–Kier alpha value is -2.87. The zero-order valence-corrected chi connectivity index (χ0v) is 22.5. The van der Waals surface area contributed by atoms with Gasteiger partial charge in [0.25, 0.3) is 0 Å². The SMILES string of the molecule is COC(=O)C1=C(C2CCN(S(=O)(=O)C3CC(C(=O)O)C3)C2)NC(c2nccs2)=NC1c1ccc(F)cc1Cl. The number of amidine groups is 1. The summed E-state index contributed by atoms with van der Waals surface area (Å²) in [4.78, 5) is 33.3. The second kappa shape index (κ2) is 10.4. The number of nitrogens with zero attached hydrogens (tertiary/aromatic N) is 3. The van der Waals surface area contributed by atoms with Gasteiger partial charge in [-0.3, -0.25) is 9.79 Å². The number of sulfonamides is 1. The summed E-state index contributed by atoms with van der Waals surface area (Å²) in [7, 11) is -2.48. The van der Waals surface area contributed by atoms with Crippen molar-refractivity contribution in [3.63, 3.8) is 0 Å². The van der Waals surface area contributed by atoms with E-state index < -0.39 is 50.9 Å². The van der Waals surface area contributed by atoms with Crippen molar-refractivity contribution in [2.45, 2.75) is 30.6 Å². The van der Waals surface area contributed by atoms with Crippen LogP contribution in [-0.4, -0.2) is 66.0 Å². The van der Waals surface area contributed by atoms with Crippen LogP contribution in [0.1, 0.15) is 35.9 Å². The molecule has 2 unspecified atom stereocenters. The quantitative estimate of drug-likeness (QED) is 0.475. The first kappa shape index (κ1) is 26.7. The predicted octanol–water partition coefficient (Wildman–Crippen LogP) is 2.97. The van der Waals surface area contributed by atoms with Crippen LogP contribution in [0.3, 0.4) is 0 Å². The summed E-state index contributed by atoms with van der Waals surface area (Å²) in [5.74, 6) is -2.91. The fourth-order valence-corrected chi connectivity index (χ4v) is 8.01. The number of nitrogens with one attached hydrogen (secondary N) is 1. The van der Waals surface area contributed by atoms with Gasteiger partial charge >= 0.3 is 11.9 Å². The number of hydrogen-bond donors (Lipinski definition) is 2. The normalized spacial score (nSPS) is 25.9. The molecule has 14 heteroatoms. The molecule has 2 aliphatic heterocycles. The summed E-state index contributed by atoms with van der Waals surface area (Å²) >= 11 is 7.71. The molecule has 202 valence electrons. The Balaban J connectivity index is 1.52. The lowest BCUT2D eigenvalue weighted by Gasteiger charge is -2.35. The number of ether oxygens (including phenoxy) is 1. The van der Waals surface area contributed by atoms with E-state index in [9.17, 15) is 22.4 Å². The van der Waals surface area contributed by atoms with Crippen molar-refractivity contribution in [2.24, 2.45) is 16.8 Å². The molecule has 2 N–H and O–H groups in total. The summed E-state index contributed by atoms with van der Waals surface area (Å²) in [6.45, 7) is 0.307.